The Hall–Kier alpha value is -3.10. The number of hydrogen-bond donors (Lipinski definition) is 0. The molecular formula is C26H21ClF2N4OS. The maximum absolute atomic E-state index is 15.7. The molecule has 0 atom stereocenters. The molecule has 35 heavy (non-hydrogen) atoms. The van der Waals surface area contributed by atoms with Crippen LogP contribution in [0, 0.1) is 17.0 Å². The molecule has 0 unspecified atom stereocenters. The minimum atomic E-state index is -0.554. The maximum Gasteiger partial charge on any atom is 0.176 e. The zero-order valence-corrected chi connectivity index (χ0v) is 20.3. The van der Waals surface area contributed by atoms with E-state index in [2.05, 4.69) is 19.2 Å². The number of piperidine rings is 1. The lowest BCUT2D eigenvalue weighted by Gasteiger charge is -2.54. The van der Waals surface area contributed by atoms with Crippen LogP contribution in [0.5, 0.6) is 0 Å². The van der Waals surface area contributed by atoms with Gasteiger partial charge in [0.1, 0.15) is 28.3 Å². The lowest BCUT2D eigenvalue weighted by Crippen LogP contribution is -2.58. The van der Waals surface area contributed by atoms with Crippen LogP contribution in [0.2, 0.25) is 5.02 Å². The number of hydrogen-bond acceptors (Lipinski definition) is 6. The average Bonchev–Trinajstić information content (AvgIpc) is 3.29. The van der Waals surface area contributed by atoms with Crippen molar-refractivity contribution in [2.45, 2.75) is 12.8 Å². The number of rotatable bonds is 4. The van der Waals surface area contributed by atoms with Crippen LogP contribution < -0.4 is 4.90 Å². The molecule has 0 aliphatic carbocycles. The number of benzene rings is 2. The summed E-state index contributed by atoms with van der Waals surface area (Å²) in [5.74, 6) is -1.08. The van der Waals surface area contributed by atoms with Gasteiger partial charge in [-0.15, -0.1) is 0 Å². The molecule has 2 aromatic heterocycles. The van der Waals surface area contributed by atoms with Crippen LogP contribution in [0.1, 0.15) is 12.8 Å². The van der Waals surface area contributed by atoms with E-state index in [0.29, 0.717) is 21.7 Å². The topological polar surface area (TPSA) is 49.3 Å². The fourth-order valence-electron chi connectivity index (χ4n) is 5.36. The number of halogens is 3. The van der Waals surface area contributed by atoms with E-state index in [9.17, 15) is 9.18 Å². The summed E-state index contributed by atoms with van der Waals surface area (Å²) in [4.78, 5) is 19.4. The van der Waals surface area contributed by atoms with Crippen molar-refractivity contribution in [2.24, 2.45) is 5.41 Å². The predicted molar refractivity (Wildman–Crippen MR) is 136 cm³/mol. The number of pyridine rings is 1. The van der Waals surface area contributed by atoms with E-state index in [1.165, 1.54) is 23.7 Å². The van der Waals surface area contributed by atoms with Crippen molar-refractivity contribution in [1.82, 2.24) is 14.3 Å². The summed E-state index contributed by atoms with van der Waals surface area (Å²) in [6, 6.07) is 8.23. The first kappa shape index (κ1) is 22.4. The molecule has 1 spiro atoms. The van der Waals surface area contributed by atoms with Crippen molar-refractivity contribution >= 4 is 56.1 Å². The predicted octanol–water partition coefficient (Wildman–Crippen LogP) is 6.06. The first-order valence-corrected chi connectivity index (χ1v) is 12.6. The van der Waals surface area contributed by atoms with Gasteiger partial charge in [-0.1, -0.05) is 35.9 Å². The van der Waals surface area contributed by atoms with Gasteiger partial charge >= 0.3 is 0 Å². The Kier molecular flexibility index (Phi) is 5.45. The third kappa shape index (κ3) is 3.67. The van der Waals surface area contributed by atoms with Crippen LogP contribution in [-0.2, 0) is 4.79 Å². The third-order valence-corrected chi connectivity index (χ3v) is 8.50. The van der Waals surface area contributed by atoms with Crippen LogP contribution >= 0.6 is 23.1 Å². The van der Waals surface area contributed by atoms with Crippen LogP contribution in [0.3, 0.4) is 0 Å². The van der Waals surface area contributed by atoms with E-state index in [-0.39, 0.29) is 21.6 Å². The van der Waals surface area contributed by atoms with Crippen molar-refractivity contribution in [1.29, 1.82) is 0 Å². The number of nitrogens with zero attached hydrogens (tertiary/aromatic N) is 4. The fourth-order valence-corrected chi connectivity index (χ4v) is 6.54. The van der Waals surface area contributed by atoms with Crippen molar-refractivity contribution in [2.75, 3.05) is 31.1 Å². The second kappa shape index (κ2) is 8.53. The van der Waals surface area contributed by atoms with Crippen LogP contribution in [0.25, 0.3) is 32.9 Å². The standard InChI is InChI=1S/C26H21ClF2N4OS/c27-21-19(28)6-5-16-3-1-4-17(20(16)21)23-22(29)24-18(13-30-23)25(35-31-24)33-10-7-26(8-11-33)14-32(15-26)9-2-12-34/h1-6,9,12-13H,7-8,10-11,14-15H2. The van der Waals surface area contributed by atoms with Gasteiger partial charge < -0.3 is 9.80 Å². The van der Waals surface area contributed by atoms with E-state index in [1.807, 2.05) is 12.3 Å². The van der Waals surface area contributed by atoms with Gasteiger partial charge in [0.05, 0.1) is 10.4 Å². The molecule has 2 aromatic carbocycles. The number of anilines is 1. The summed E-state index contributed by atoms with van der Waals surface area (Å²) in [6.45, 7) is 3.65. The summed E-state index contributed by atoms with van der Waals surface area (Å²) in [5, 5.41) is 2.72. The molecule has 4 heterocycles. The highest BCUT2D eigenvalue weighted by molar-refractivity contribution is 7.11. The van der Waals surface area contributed by atoms with Gasteiger partial charge in [-0.05, 0) is 41.9 Å². The van der Waals surface area contributed by atoms with Gasteiger partial charge in [0.2, 0.25) is 0 Å². The first-order chi connectivity index (χ1) is 17.0. The van der Waals surface area contributed by atoms with Gasteiger partial charge in [0.15, 0.2) is 5.82 Å². The van der Waals surface area contributed by atoms with Crippen LogP contribution in [0.4, 0.5) is 13.8 Å². The normalized spacial score (nSPS) is 17.6. The SMILES string of the molecule is O=CC=CN1CC2(CCN(c3snc4c(F)c(-c5cccc6ccc(F)c(Cl)c56)ncc34)CC2)C1. The number of carbonyl (C=O) groups excluding carboxylic acids is 1. The monoisotopic (exact) mass is 510 g/mol. The number of likely N-dealkylation sites (tertiary alicyclic amines) is 1. The van der Waals surface area contributed by atoms with E-state index < -0.39 is 11.6 Å². The molecule has 5 nitrogen and oxygen atoms in total. The molecule has 2 aliphatic rings. The summed E-state index contributed by atoms with van der Waals surface area (Å²) in [7, 11) is 0. The van der Waals surface area contributed by atoms with E-state index in [4.69, 9.17) is 11.6 Å². The molecule has 0 saturated carbocycles. The smallest absolute Gasteiger partial charge is 0.176 e. The van der Waals surface area contributed by atoms with Crippen LogP contribution in [0.15, 0.2) is 48.8 Å². The summed E-state index contributed by atoms with van der Waals surface area (Å²) in [6.07, 6.45) is 7.92. The Labute approximate surface area is 209 Å². The molecule has 2 saturated heterocycles. The van der Waals surface area contributed by atoms with Gasteiger partial charge in [0, 0.05) is 54.9 Å². The molecule has 0 N–H and O–H groups in total. The highest BCUT2D eigenvalue weighted by Crippen LogP contribution is 2.44. The molecule has 0 bridgehead atoms. The number of aromatic nitrogens is 2. The number of fused-ring (bicyclic) bond motifs is 2. The fraction of sp³-hybridized carbons (Fsp3) is 0.269. The molecule has 2 aliphatic heterocycles. The summed E-state index contributed by atoms with van der Waals surface area (Å²) in [5.41, 5.74) is 1.11. The molecular weight excluding hydrogens is 490 g/mol. The molecule has 9 heteroatoms. The van der Waals surface area contributed by atoms with Gasteiger partial charge in [0.25, 0.3) is 0 Å². The second-order valence-electron chi connectivity index (χ2n) is 9.31. The zero-order valence-electron chi connectivity index (χ0n) is 18.7. The Morgan fingerprint density at radius 1 is 1.11 bits per heavy atom. The number of carbonyl (C=O) groups is 1. The second-order valence-corrected chi connectivity index (χ2v) is 10.4. The Balaban J connectivity index is 1.29. The summed E-state index contributed by atoms with van der Waals surface area (Å²) >= 11 is 7.55. The molecule has 4 aromatic rings. The lowest BCUT2D eigenvalue weighted by molar-refractivity contribution is -0.104. The highest BCUT2D eigenvalue weighted by Gasteiger charge is 2.44. The average molecular weight is 511 g/mol. The summed E-state index contributed by atoms with van der Waals surface area (Å²) < 4.78 is 34.3. The van der Waals surface area contributed by atoms with Crippen LogP contribution in [-0.4, -0.2) is 46.7 Å². The molecule has 6 rings (SSSR count). The van der Waals surface area contributed by atoms with Gasteiger partial charge in [-0.3, -0.25) is 9.78 Å². The molecule has 0 amide bonds. The number of allylic oxidation sites excluding steroid dienone is 1. The van der Waals surface area contributed by atoms with E-state index in [0.717, 1.165) is 50.3 Å². The molecule has 178 valence electrons. The van der Waals surface area contributed by atoms with Gasteiger partial charge in [-0.25, -0.2) is 8.78 Å². The Morgan fingerprint density at radius 3 is 2.69 bits per heavy atom. The highest BCUT2D eigenvalue weighted by atomic mass is 35.5. The Bertz CT molecular complexity index is 1490. The molecule has 2 fully saturated rings. The van der Waals surface area contributed by atoms with Crippen molar-refractivity contribution < 1.29 is 13.6 Å². The zero-order chi connectivity index (χ0) is 24.2. The minimum Gasteiger partial charge on any atom is -0.376 e. The lowest BCUT2D eigenvalue weighted by atomic mass is 9.72. The minimum absolute atomic E-state index is 0.0446. The van der Waals surface area contributed by atoms with Crippen molar-refractivity contribution in [3.05, 3.63) is 65.5 Å². The van der Waals surface area contributed by atoms with Crippen molar-refractivity contribution in [3.63, 3.8) is 0 Å². The third-order valence-electron chi connectivity index (χ3n) is 7.20. The molecule has 0 radical (unpaired) electrons. The van der Waals surface area contributed by atoms with Crippen molar-refractivity contribution in [3.8, 4) is 11.3 Å². The maximum atomic E-state index is 15.7. The first-order valence-electron chi connectivity index (χ1n) is 11.4. The largest absolute Gasteiger partial charge is 0.376 e. The Morgan fingerprint density at radius 2 is 1.91 bits per heavy atom. The van der Waals surface area contributed by atoms with E-state index in [1.54, 1.807) is 24.4 Å². The van der Waals surface area contributed by atoms with Gasteiger partial charge in [-0.2, -0.15) is 4.37 Å². The number of aldehydes is 1. The van der Waals surface area contributed by atoms with E-state index >= 15 is 4.39 Å². The quantitative estimate of drug-likeness (QED) is 0.247.